The molecule has 1 saturated carbocycles. The first kappa shape index (κ1) is 19.3. The molecule has 0 radical (unpaired) electrons. The summed E-state index contributed by atoms with van der Waals surface area (Å²) >= 11 is 0. The maximum Gasteiger partial charge on any atom is 0.224 e. The zero-order chi connectivity index (χ0) is 22.4. The number of aryl methyl sites for hydroxylation is 4. The molecule has 1 fully saturated rings. The topological polar surface area (TPSA) is 8.29 Å². The summed E-state index contributed by atoms with van der Waals surface area (Å²) in [6, 6.07) is 16.5. The minimum atomic E-state index is 0.846. The van der Waals surface area contributed by atoms with Gasteiger partial charge in [-0.1, -0.05) is 43.9 Å². The molecule has 0 N–H and O–H groups in total. The number of rotatable bonds is 2. The van der Waals surface area contributed by atoms with Crippen molar-refractivity contribution in [2.24, 2.45) is 13.0 Å². The smallest absolute Gasteiger partial charge is 0.224 e. The van der Waals surface area contributed by atoms with Gasteiger partial charge in [-0.15, -0.1) is 0 Å². The van der Waals surface area contributed by atoms with E-state index in [0.29, 0.717) is 0 Å². The number of nitrogens with zero attached hydrogens (tertiary/aromatic N) is 2. The lowest BCUT2D eigenvalue weighted by atomic mass is 9.93. The van der Waals surface area contributed by atoms with Crippen molar-refractivity contribution in [3.05, 3.63) is 70.9 Å². The molecule has 0 aliphatic heterocycles. The maximum absolute atomic E-state index is 2.59. The van der Waals surface area contributed by atoms with E-state index in [1.165, 1.54) is 103 Å². The summed E-state index contributed by atoms with van der Waals surface area (Å²) in [4.78, 5) is 0. The van der Waals surface area contributed by atoms with Gasteiger partial charge in [0.2, 0.25) is 5.52 Å². The van der Waals surface area contributed by atoms with E-state index in [0.717, 1.165) is 5.92 Å². The van der Waals surface area contributed by atoms with Crippen LogP contribution in [0, 0.1) is 26.7 Å². The normalized spacial score (nSPS) is 15.4. The van der Waals surface area contributed by atoms with Crippen LogP contribution in [-0.4, -0.2) is 4.40 Å². The Morgan fingerprint density at radius 2 is 1.70 bits per heavy atom. The summed E-state index contributed by atoms with van der Waals surface area (Å²) in [5.74, 6) is 0.846. The van der Waals surface area contributed by atoms with E-state index < -0.39 is 0 Å². The lowest BCUT2D eigenvalue weighted by Crippen LogP contribution is -2.29. The molecular formula is C31H31N2+. The fourth-order valence-electron chi connectivity index (χ4n) is 6.86. The van der Waals surface area contributed by atoms with E-state index in [2.05, 4.69) is 85.4 Å². The summed E-state index contributed by atoms with van der Waals surface area (Å²) in [7, 11) is 2.21. The van der Waals surface area contributed by atoms with E-state index in [-0.39, 0.29) is 0 Å². The van der Waals surface area contributed by atoms with E-state index in [1.54, 1.807) is 0 Å². The second kappa shape index (κ2) is 6.70. The second-order valence-corrected chi connectivity index (χ2v) is 10.6. The fraction of sp³-hybridized carbons (Fsp3) is 0.323. The van der Waals surface area contributed by atoms with Crippen LogP contribution in [0.2, 0.25) is 0 Å². The SMILES string of the molecule is Cc1cc2c3c(C)cccc3n3c4cc(CC5CCCC5)cc5cc[n+](C)c(c(c1C)c23)c54. The number of benzene rings is 3. The quantitative estimate of drug-likeness (QED) is 0.153. The van der Waals surface area contributed by atoms with Crippen LogP contribution in [0.1, 0.15) is 47.9 Å². The zero-order valence-electron chi connectivity index (χ0n) is 20.1. The highest BCUT2D eigenvalue weighted by Gasteiger charge is 2.26. The first-order valence-corrected chi connectivity index (χ1v) is 12.5. The Labute approximate surface area is 194 Å². The molecule has 0 saturated heterocycles. The van der Waals surface area contributed by atoms with Crippen molar-refractivity contribution >= 4 is 49.0 Å². The predicted molar refractivity (Wildman–Crippen MR) is 140 cm³/mol. The van der Waals surface area contributed by atoms with Crippen molar-refractivity contribution in [3.63, 3.8) is 0 Å². The van der Waals surface area contributed by atoms with Crippen molar-refractivity contribution in [1.82, 2.24) is 4.40 Å². The van der Waals surface area contributed by atoms with Crippen molar-refractivity contribution < 1.29 is 4.57 Å². The molecule has 6 aromatic rings. The van der Waals surface area contributed by atoms with Gasteiger partial charge in [0.25, 0.3) is 0 Å². The summed E-state index contributed by atoms with van der Waals surface area (Å²) in [6.45, 7) is 6.84. The maximum atomic E-state index is 2.59. The molecule has 7 rings (SSSR count). The molecule has 3 aromatic heterocycles. The molecule has 0 bridgehead atoms. The average molecular weight is 432 g/mol. The first-order valence-electron chi connectivity index (χ1n) is 12.5. The zero-order valence-corrected chi connectivity index (χ0v) is 20.1. The van der Waals surface area contributed by atoms with Gasteiger partial charge in [0.05, 0.1) is 27.3 Å². The highest BCUT2D eigenvalue weighted by Crippen LogP contribution is 2.43. The van der Waals surface area contributed by atoms with Crippen LogP contribution in [0.25, 0.3) is 49.0 Å². The second-order valence-electron chi connectivity index (χ2n) is 10.6. The van der Waals surface area contributed by atoms with Gasteiger partial charge in [-0.05, 0) is 78.9 Å². The Morgan fingerprint density at radius 3 is 2.52 bits per heavy atom. The van der Waals surface area contributed by atoms with Gasteiger partial charge in [0, 0.05) is 16.8 Å². The van der Waals surface area contributed by atoms with E-state index >= 15 is 0 Å². The van der Waals surface area contributed by atoms with Crippen molar-refractivity contribution in [2.45, 2.75) is 52.9 Å². The van der Waals surface area contributed by atoms with Gasteiger partial charge in [0.15, 0.2) is 6.20 Å². The van der Waals surface area contributed by atoms with Crippen LogP contribution in [0.5, 0.6) is 0 Å². The minimum Gasteiger partial charge on any atom is -0.307 e. The Hall–Kier alpha value is -3.13. The standard InChI is InChI=1S/C31H31N2/c1-18-8-7-11-25-27(18)24-14-19(2)20(3)28-30(24)33(25)26-17-22(15-21-9-5-6-10-21)16-23-12-13-32(4)31(28)29(23)26/h7-8,11-14,16-17,21H,5-6,9-10,15H2,1-4H3/q+1. The minimum absolute atomic E-state index is 0.846. The molecule has 33 heavy (non-hydrogen) atoms. The Bertz CT molecular complexity index is 1730. The molecule has 0 amide bonds. The summed E-state index contributed by atoms with van der Waals surface area (Å²) in [6.07, 6.45) is 9.05. The third kappa shape index (κ3) is 2.52. The lowest BCUT2D eigenvalue weighted by molar-refractivity contribution is -0.643. The first-order chi connectivity index (χ1) is 16.0. The molecule has 0 unspecified atom stereocenters. The summed E-state index contributed by atoms with van der Waals surface area (Å²) in [5, 5.41) is 6.98. The van der Waals surface area contributed by atoms with E-state index in [4.69, 9.17) is 0 Å². The summed E-state index contributed by atoms with van der Waals surface area (Å²) in [5.41, 5.74) is 11.1. The van der Waals surface area contributed by atoms with Gasteiger partial charge in [-0.25, -0.2) is 4.57 Å². The molecular weight excluding hydrogens is 400 g/mol. The van der Waals surface area contributed by atoms with Crippen LogP contribution in [0.15, 0.2) is 48.7 Å². The molecule has 1 aliphatic rings. The molecule has 164 valence electrons. The number of pyridine rings is 2. The van der Waals surface area contributed by atoms with Crippen LogP contribution < -0.4 is 4.57 Å². The lowest BCUT2D eigenvalue weighted by Gasteiger charge is -2.16. The fourth-order valence-corrected chi connectivity index (χ4v) is 6.86. The highest BCUT2D eigenvalue weighted by atomic mass is 15.0. The number of hydrogen-bond donors (Lipinski definition) is 0. The van der Waals surface area contributed by atoms with Gasteiger partial charge in [-0.2, -0.15) is 0 Å². The molecule has 1 aliphatic carbocycles. The van der Waals surface area contributed by atoms with Gasteiger partial charge >= 0.3 is 0 Å². The monoisotopic (exact) mass is 431 g/mol. The van der Waals surface area contributed by atoms with Gasteiger partial charge in [0.1, 0.15) is 7.05 Å². The highest BCUT2D eigenvalue weighted by molar-refractivity contribution is 6.26. The largest absolute Gasteiger partial charge is 0.307 e. The van der Waals surface area contributed by atoms with Crippen LogP contribution in [0.3, 0.4) is 0 Å². The number of fused-ring (bicyclic) bond motifs is 5. The van der Waals surface area contributed by atoms with Crippen molar-refractivity contribution in [2.75, 3.05) is 0 Å². The van der Waals surface area contributed by atoms with Crippen molar-refractivity contribution in [3.8, 4) is 0 Å². The number of hydrogen-bond acceptors (Lipinski definition) is 0. The van der Waals surface area contributed by atoms with Crippen molar-refractivity contribution in [1.29, 1.82) is 0 Å². The van der Waals surface area contributed by atoms with E-state index in [9.17, 15) is 0 Å². The predicted octanol–water partition coefficient (Wildman–Crippen LogP) is 7.47. The van der Waals surface area contributed by atoms with E-state index in [1.807, 2.05) is 0 Å². The van der Waals surface area contributed by atoms with Crippen LogP contribution in [-0.2, 0) is 13.5 Å². The number of aromatic nitrogens is 2. The molecule has 0 atom stereocenters. The molecule has 2 heteroatoms. The third-order valence-electron chi connectivity index (χ3n) is 8.56. The molecule has 2 nitrogen and oxygen atoms in total. The Kier molecular flexibility index (Phi) is 3.93. The van der Waals surface area contributed by atoms with Crippen LogP contribution >= 0.6 is 0 Å². The molecule has 3 heterocycles. The average Bonchev–Trinajstić information content (AvgIpc) is 3.42. The third-order valence-corrected chi connectivity index (χ3v) is 8.56. The van der Waals surface area contributed by atoms with Crippen LogP contribution in [0.4, 0.5) is 0 Å². The Balaban J connectivity index is 1.76. The molecule has 3 aromatic carbocycles. The summed E-state index contributed by atoms with van der Waals surface area (Å²) < 4.78 is 4.94. The Morgan fingerprint density at radius 1 is 0.879 bits per heavy atom. The molecule has 0 spiro atoms. The van der Waals surface area contributed by atoms with Gasteiger partial charge < -0.3 is 4.40 Å². The van der Waals surface area contributed by atoms with Gasteiger partial charge in [-0.3, -0.25) is 0 Å².